The molecule has 1 fully saturated rings. The number of hydrogen-bond donors (Lipinski definition) is 1. The fourth-order valence-electron chi connectivity index (χ4n) is 2.57. The van der Waals surface area contributed by atoms with E-state index in [1.165, 1.54) is 0 Å². The minimum atomic E-state index is -0.195. The average Bonchev–Trinajstić information content (AvgIpc) is 2.44. The van der Waals surface area contributed by atoms with Crippen molar-refractivity contribution in [2.45, 2.75) is 33.6 Å². The number of aliphatic hydroxyl groups excluding tert-OH is 1. The van der Waals surface area contributed by atoms with E-state index >= 15 is 0 Å². The first-order valence-electron chi connectivity index (χ1n) is 7.43. The number of aliphatic hydroxyl groups is 1. The van der Waals surface area contributed by atoms with Gasteiger partial charge in [-0.05, 0) is 42.9 Å². The third-order valence-electron chi connectivity index (χ3n) is 4.11. The van der Waals surface area contributed by atoms with Crippen molar-refractivity contribution in [2.24, 2.45) is 5.41 Å². The predicted molar refractivity (Wildman–Crippen MR) is 84.1 cm³/mol. The number of benzene rings is 1. The molecule has 1 heterocycles. The minimum Gasteiger partial charge on any atom is -0.384 e. The lowest BCUT2D eigenvalue weighted by atomic mass is 9.82. The SMILES string of the molecule is Cc1ccc(C(=O)N2CCC(C)(C)CC2)c(C#CCO)c1. The summed E-state index contributed by atoms with van der Waals surface area (Å²) in [6.07, 6.45) is 2.06. The topological polar surface area (TPSA) is 40.5 Å². The van der Waals surface area contributed by atoms with Gasteiger partial charge in [0.25, 0.3) is 5.91 Å². The molecule has 0 aromatic heterocycles. The number of piperidine rings is 1. The van der Waals surface area contributed by atoms with E-state index in [2.05, 4.69) is 25.7 Å². The fourth-order valence-corrected chi connectivity index (χ4v) is 2.57. The molecule has 3 heteroatoms. The molecule has 1 aliphatic rings. The van der Waals surface area contributed by atoms with Crippen molar-refractivity contribution in [2.75, 3.05) is 19.7 Å². The zero-order chi connectivity index (χ0) is 15.5. The second kappa shape index (κ2) is 6.32. The van der Waals surface area contributed by atoms with Crippen molar-refractivity contribution in [1.29, 1.82) is 0 Å². The number of aryl methyl sites for hydroxylation is 1. The van der Waals surface area contributed by atoms with Crippen molar-refractivity contribution >= 4 is 5.91 Å². The number of carbonyl (C=O) groups excluding carboxylic acids is 1. The summed E-state index contributed by atoms with van der Waals surface area (Å²) < 4.78 is 0. The van der Waals surface area contributed by atoms with Crippen LogP contribution in [0.5, 0.6) is 0 Å². The van der Waals surface area contributed by atoms with E-state index in [1.807, 2.05) is 30.0 Å². The van der Waals surface area contributed by atoms with Gasteiger partial charge in [-0.2, -0.15) is 0 Å². The van der Waals surface area contributed by atoms with Crippen LogP contribution in [0.15, 0.2) is 18.2 Å². The summed E-state index contributed by atoms with van der Waals surface area (Å²) in [5.74, 6) is 5.58. The molecule has 21 heavy (non-hydrogen) atoms. The Hall–Kier alpha value is -1.79. The second-order valence-corrected chi connectivity index (χ2v) is 6.47. The van der Waals surface area contributed by atoms with Crippen LogP contribution in [0.1, 0.15) is 48.2 Å². The molecule has 0 unspecified atom stereocenters. The molecule has 0 atom stereocenters. The fraction of sp³-hybridized carbons (Fsp3) is 0.500. The van der Waals surface area contributed by atoms with Gasteiger partial charge in [-0.1, -0.05) is 31.8 Å². The van der Waals surface area contributed by atoms with E-state index in [0.717, 1.165) is 31.5 Å². The predicted octanol–water partition coefficient (Wildman–Crippen LogP) is 2.60. The molecule has 1 aromatic carbocycles. The highest BCUT2D eigenvalue weighted by Gasteiger charge is 2.28. The van der Waals surface area contributed by atoms with Gasteiger partial charge in [0.05, 0.1) is 5.56 Å². The number of amides is 1. The lowest BCUT2D eigenvalue weighted by Crippen LogP contribution is -2.41. The molecular formula is C18H23NO2. The van der Waals surface area contributed by atoms with Gasteiger partial charge in [0, 0.05) is 18.7 Å². The van der Waals surface area contributed by atoms with Crippen molar-refractivity contribution in [3.05, 3.63) is 34.9 Å². The minimum absolute atomic E-state index is 0.0488. The summed E-state index contributed by atoms with van der Waals surface area (Å²) in [5.41, 5.74) is 2.73. The zero-order valence-electron chi connectivity index (χ0n) is 13.1. The molecule has 1 saturated heterocycles. The van der Waals surface area contributed by atoms with Gasteiger partial charge in [0.2, 0.25) is 0 Å². The van der Waals surface area contributed by atoms with Crippen LogP contribution in [0.2, 0.25) is 0 Å². The Labute approximate surface area is 127 Å². The normalized spacial score (nSPS) is 17.0. The first kappa shape index (κ1) is 15.6. The van der Waals surface area contributed by atoms with Crippen LogP contribution in [0, 0.1) is 24.2 Å². The maximum Gasteiger partial charge on any atom is 0.255 e. The Morgan fingerprint density at radius 2 is 2.00 bits per heavy atom. The van der Waals surface area contributed by atoms with Crippen LogP contribution in [0.4, 0.5) is 0 Å². The molecular weight excluding hydrogens is 262 g/mol. The number of rotatable bonds is 1. The maximum absolute atomic E-state index is 12.7. The molecule has 0 saturated carbocycles. The number of hydrogen-bond acceptors (Lipinski definition) is 2. The Balaban J connectivity index is 2.23. The average molecular weight is 285 g/mol. The third kappa shape index (κ3) is 3.86. The molecule has 0 radical (unpaired) electrons. The van der Waals surface area contributed by atoms with E-state index < -0.39 is 0 Å². The van der Waals surface area contributed by atoms with E-state index in [0.29, 0.717) is 16.5 Å². The number of carbonyl (C=O) groups is 1. The Morgan fingerprint density at radius 3 is 2.62 bits per heavy atom. The van der Waals surface area contributed by atoms with E-state index in [4.69, 9.17) is 5.11 Å². The Kier molecular flexibility index (Phi) is 4.69. The summed E-state index contributed by atoms with van der Waals surface area (Å²) in [5, 5.41) is 8.86. The molecule has 0 bridgehead atoms. The quantitative estimate of drug-likeness (QED) is 0.806. The number of nitrogens with zero attached hydrogens (tertiary/aromatic N) is 1. The van der Waals surface area contributed by atoms with Crippen molar-refractivity contribution < 1.29 is 9.90 Å². The molecule has 1 aromatic rings. The van der Waals surface area contributed by atoms with E-state index in [1.54, 1.807) is 0 Å². The highest BCUT2D eigenvalue weighted by Crippen LogP contribution is 2.30. The van der Waals surface area contributed by atoms with Crippen molar-refractivity contribution in [3.8, 4) is 11.8 Å². The first-order chi connectivity index (χ1) is 9.93. The summed E-state index contributed by atoms with van der Waals surface area (Å²) in [6.45, 7) is 7.87. The van der Waals surface area contributed by atoms with Crippen LogP contribution >= 0.6 is 0 Å². The van der Waals surface area contributed by atoms with Gasteiger partial charge >= 0.3 is 0 Å². The maximum atomic E-state index is 12.7. The molecule has 1 N–H and O–H groups in total. The van der Waals surface area contributed by atoms with Crippen LogP contribution in [0.25, 0.3) is 0 Å². The third-order valence-corrected chi connectivity index (χ3v) is 4.11. The van der Waals surface area contributed by atoms with Gasteiger partial charge < -0.3 is 10.0 Å². The van der Waals surface area contributed by atoms with Gasteiger partial charge in [0.1, 0.15) is 6.61 Å². The highest BCUT2D eigenvalue weighted by molar-refractivity contribution is 5.97. The summed E-state index contributed by atoms with van der Waals surface area (Å²) in [6, 6.07) is 5.69. The monoisotopic (exact) mass is 285 g/mol. The van der Waals surface area contributed by atoms with Gasteiger partial charge in [-0.3, -0.25) is 4.79 Å². The van der Waals surface area contributed by atoms with Crippen LogP contribution in [0.3, 0.4) is 0 Å². The summed E-state index contributed by atoms with van der Waals surface area (Å²) in [4.78, 5) is 14.6. The summed E-state index contributed by atoms with van der Waals surface area (Å²) >= 11 is 0. The van der Waals surface area contributed by atoms with Crippen LogP contribution in [-0.2, 0) is 0 Å². The molecule has 2 rings (SSSR count). The summed E-state index contributed by atoms with van der Waals surface area (Å²) in [7, 11) is 0. The second-order valence-electron chi connectivity index (χ2n) is 6.47. The van der Waals surface area contributed by atoms with Crippen molar-refractivity contribution in [3.63, 3.8) is 0 Å². The number of likely N-dealkylation sites (tertiary alicyclic amines) is 1. The lowest BCUT2D eigenvalue weighted by molar-refractivity contribution is 0.0630. The van der Waals surface area contributed by atoms with Gasteiger partial charge in [-0.15, -0.1) is 0 Å². The molecule has 3 nitrogen and oxygen atoms in total. The zero-order valence-corrected chi connectivity index (χ0v) is 13.1. The highest BCUT2D eigenvalue weighted by atomic mass is 16.2. The van der Waals surface area contributed by atoms with E-state index in [9.17, 15) is 4.79 Å². The van der Waals surface area contributed by atoms with Crippen LogP contribution < -0.4 is 0 Å². The van der Waals surface area contributed by atoms with Crippen molar-refractivity contribution in [1.82, 2.24) is 4.90 Å². The molecule has 112 valence electrons. The Morgan fingerprint density at radius 1 is 1.33 bits per heavy atom. The van der Waals surface area contributed by atoms with E-state index in [-0.39, 0.29) is 12.5 Å². The Bertz CT molecular complexity index is 583. The molecule has 1 amide bonds. The standard InChI is InChI=1S/C18H23NO2/c1-14-6-7-16(15(13-14)5-4-12-20)17(21)19-10-8-18(2,3)9-11-19/h6-7,13,20H,8-12H2,1-3H3. The van der Waals surface area contributed by atoms with Gasteiger partial charge in [0.15, 0.2) is 0 Å². The van der Waals surface area contributed by atoms with Gasteiger partial charge in [-0.25, -0.2) is 0 Å². The largest absolute Gasteiger partial charge is 0.384 e. The molecule has 1 aliphatic heterocycles. The smallest absolute Gasteiger partial charge is 0.255 e. The van der Waals surface area contributed by atoms with Crippen LogP contribution in [-0.4, -0.2) is 35.6 Å². The molecule has 0 spiro atoms. The first-order valence-corrected chi connectivity index (χ1v) is 7.43. The molecule has 0 aliphatic carbocycles. The lowest BCUT2D eigenvalue weighted by Gasteiger charge is -2.37.